The van der Waals surface area contributed by atoms with E-state index >= 15 is 0 Å². The Morgan fingerprint density at radius 3 is 2.92 bits per heavy atom. The number of halogens is 1. The molecule has 0 saturated heterocycles. The van der Waals surface area contributed by atoms with Gasteiger partial charge in [-0.3, -0.25) is 0 Å². The summed E-state index contributed by atoms with van der Waals surface area (Å²) in [5, 5.41) is 9.58. The molecule has 0 bridgehead atoms. The van der Waals surface area contributed by atoms with Crippen molar-refractivity contribution in [3.63, 3.8) is 0 Å². The Kier molecular flexibility index (Phi) is 4.42. The molecule has 126 valence electrons. The minimum atomic E-state index is 0.542. The molecule has 1 aromatic carbocycles. The number of ether oxygens (including phenoxy) is 1. The Labute approximate surface area is 154 Å². The minimum Gasteiger partial charge on any atom is -0.476 e. The number of benzene rings is 1. The summed E-state index contributed by atoms with van der Waals surface area (Å²) >= 11 is 7.69. The summed E-state index contributed by atoms with van der Waals surface area (Å²) in [5.41, 5.74) is 5.31. The maximum Gasteiger partial charge on any atom is 0.231 e. The minimum absolute atomic E-state index is 0.542. The smallest absolute Gasteiger partial charge is 0.231 e. The molecule has 0 aliphatic carbocycles. The van der Waals surface area contributed by atoms with E-state index in [0.29, 0.717) is 12.5 Å². The van der Waals surface area contributed by atoms with Crippen molar-refractivity contribution in [1.29, 1.82) is 0 Å². The summed E-state index contributed by atoms with van der Waals surface area (Å²) in [6.45, 7) is 2.64. The molecule has 0 N–H and O–H groups in total. The fourth-order valence-corrected chi connectivity index (χ4v) is 3.76. The standard InChI is InChI=1S/C19H16ClN3OS/c1-13-11-25-12-16(13)17-10-21-18-5-6-19(22-23(17)18)24-8-7-14-3-2-4-15(20)9-14/h2-6,9-12H,7-8H2,1H3. The van der Waals surface area contributed by atoms with Gasteiger partial charge in [0, 0.05) is 28.5 Å². The van der Waals surface area contributed by atoms with Crippen molar-refractivity contribution in [2.45, 2.75) is 13.3 Å². The molecule has 6 heteroatoms. The van der Waals surface area contributed by atoms with Crippen LogP contribution in [0.1, 0.15) is 11.1 Å². The normalized spacial score (nSPS) is 11.1. The highest BCUT2D eigenvalue weighted by molar-refractivity contribution is 7.08. The number of imidazole rings is 1. The summed E-state index contributed by atoms with van der Waals surface area (Å²) in [7, 11) is 0. The molecule has 0 saturated carbocycles. The molecule has 4 rings (SSSR count). The van der Waals surface area contributed by atoms with Crippen LogP contribution in [0.4, 0.5) is 0 Å². The highest BCUT2D eigenvalue weighted by Gasteiger charge is 2.11. The lowest BCUT2D eigenvalue weighted by Crippen LogP contribution is -2.05. The van der Waals surface area contributed by atoms with Crippen LogP contribution in [0.2, 0.25) is 5.02 Å². The van der Waals surface area contributed by atoms with E-state index in [1.807, 2.05) is 47.1 Å². The van der Waals surface area contributed by atoms with Crippen LogP contribution in [0.15, 0.2) is 53.4 Å². The molecule has 25 heavy (non-hydrogen) atoms. The number of aromatic nitrogens is 3. The Morgan fingerprint density at radius 1 is 1.20 bits per heavy atom. The van der Waals surface area contributed by atoms with Crippen LogP contribution >= 0.6 is 22.9 Å². The molecule has 3 aromatic heterocycles. The number of rotatable bonds is 5. The second kappa shape index (κ2) is 6.86. The first kappa shape index (κ1) is 16.1. The Bertz CT molecular complexity index is 1020. The van der Waals surface area contributed by atoms with Crippen molar-refractivity contribution < 1.29 is 4.74 Å². The van der Waals surface area contributed by atoms with Crippen LogP contribution in [0.5, 0.6) is 5.88 Å². The van der Waals surface area contributed by atoms with Crippen molar-refractivity contribution in [2.75, 3.05) is 6.61 Å². The average molecular weight is 370 g/mol. The van der Waals surface area contributed by atoms with Gasteiger partial charge < -0.3 is 4.74 Å². The zero-order valence-corrected chi connectivity index (χ0v) is 15.2. The average Bonchev–Trinajstić information content (AvgIpc) is 3.20. The van der Waals surface area contributed by atoms with Gasteiger partial charge in [0.2, 0.25) is 5.88 Å². The molecular weight excluding hydrogens is 354 g/mol. The highest BCUT2D eigenvalue weighted by atomic mass is 35.5. The number of thiophene rings is 1. The molecule has 0 amide bonds. The van der Waals surface area contributed by atoms with Gasteiger partial charge in [-0.2, -0.15) is 11.3 Å². The van der Waals surface area contributed by atoms with Crippen molar-refractivity contribution in [3.8, 4) is 17.1 Å². The zero-order chi connectivity index (χ0) is 17.2. The molecule has 4 nitrogen and oxygen atoms in total. The van der Waals surface area contributed by atoms with Crippen LogP contribution in [0.3, 0.4) is 0 Å². The van der Waals surface area contributed by atoms with Crippen LogP contribution in [-0.2, 0) is 6.42 Å². The van der Waals surface area contributed by atoms with Crippen molar-refractivity contribution >= 4 is 28.6 Å². The molecule has 4 aromatic rings. The predicted octanol–water partition coefficient (Wildman–Crippen LogP) is 5.04. The Morgan fingerprint density at radius 2 is 2.12 bits per heavy atom. The fraction of sp³-hybridized carbons (Fsp3) is 0.158. The van der Waals surface area contributed by atoms with Gasteiger partial charge in [-0.1, -0.05) is 23.7 Å². The van der Waals surface area contributed by atoms with E-state index in [1.54, 1.807) is 11.3 Å². The lowest BCUT2D eigenvalue weighted by atomic mass is 10.2. The van der Waals surface area contributed by atoms with Gasteiger partial charge in [0.15, 0.2) is 5.65 Å². The third-order valence-electron chi connectivity index (χ3n) is 4.00. The lowest BCUT2D eigenvalue weighted by Gasteiger charge is -2.07. The first-order valence-electron chi connectivity index (χ1n) is 7.96. The first-order valence-corrected chi connectivity index (χ1v) is 9.28. The van der Waals surface area contributed by atoms with E-state index in [0.717, 1.165) is 33.9 Å². The number of fused-ring (bicyclic) bond motifs is 1. The molecular formula is C19H16ClN3OS. The summed E-state index contributed by atoms with van der Waals surface area (Å²) < 4.78 is 7.67. The fourth-order valence-electron chi connectivity index (χ4n) is 2.71. The van der Waals surface area contributed by atoms with Gasteiger partial charge >= 0.3 is 0 Å². The van der Waals surface area contributed by atoms with E-state index in [2.05, 4.69) is 27.8 Å². The number of nitrogens with zero attached hydrogens (tertiary/aromatic N) is 3. The van der Waals surface area contributed by atoms with Crippen molar-refractivity contribution in [2.24, 2.45) is 0 Å². The molecule has 0 unspecified atom stereocenters. The lowest BCUT2D eigenvalue weighted by molar-refractivity contribution is 0.305. The maximum atomic E-state index is 6.01. The quantitative estimate of drug-likeness (QED) is 0.494. The van der Waals surface area contributed by atoms with Gasteiger partial charge in [-0.15, -0.1) is 5.10 Å². The number of hydrogen-bond donors (Lipinski definition) is 0. The van der Waals surface area contributed by atoms with Crippen LogP contribution in [0, 0.1) is 6.92 Å². The van der Waals surface area contributed by atoms with E-state index in [4.69, 9.17) is 16.3 Å². The van der Waals surface area contributed by atoms with E-state index in [1.165, 1.54) is 5.56 Å². The van der Waals surface area contributed by atoms with Crippen LogP contribution in [0.25, 0.3) is 16.9 Å². The third kappa shape index (κ3) is 3.38. The van der Waals surface area contributed by atoms with E-state index < -0.39 is 0 Å². The monoisotopic (exact) mass is 369 g/mol. The van der Waals surface area contributed by atoms with Gasteiger partial charge in [0.25, 0.3) is 0 Å². The SMILES string of the molecule is Cc1cscc1-c1cnc2ccc(OCCc3cccc(Cl)c3)nn12. The van der Waals surface area contributed by atoms with Gasteiger partial charge in [-0.05, 0) is 41.6 Å². The highest BCUT2D eigenvalue weighted by Crippen LogP contribution is 2.27. The molecule has 0 radical (unpaired) electrons. The Hall–Kier alpha value is -2.37. The van der Waals surface area contributed by atoms with Crippen LogP contribution < -0.4 is 4.74 Å². The summed E-state index contributed by atoms with van der Waals surface area (Å²) in [6, 6.07) is 11.6. The maximum absolute atomic E-state index is 6.01. The second-order valence-corrected chi connectivity index (χ2v) is 6.96. The van der Waals surface area contributed by atoms with Crippen molar-refractivity contribution in [3.05, 3.63) is 69.5 Å². The molecule has 0 fully saturated rings. The molecule has 3 heterocycles. The largest absolute Gasteiger partial charge is 0.476 e. The molecule has 0 aliphatic rings. The predicted molar refractivity (Wildman–Crippen MR) is 102 cm³/mol. The van der Waals surface area contributed by atoms with E-state index in [-0.39, 0.29) is 0 Å². The second-order valence-electron chi connectivity index (χ2n) is 5.78. The Balaban J connectivity index is 1.54. The zero-order valence-electron chi connectivity index (χ0n) is 13.6. The van der Waals surface area contributed by atoms with Crippen LogP contribution in [-0.4, -0.2) is 21.2 Å². The van der Waals surface area contributed by atoms with Gasteiger partial charge in [0.05, 0.1) is 18.5 Å². The number of aryl methyl sites for hydroxylation is 1. The summed E-state index contributed by atoms with van der Waals surface area (Å²) in [5.74, 6) is 0.585. The first-order chi connectivity index (χ1) is 12.2. The van der Waals surface area contributed by atoms with Gasteiger partial charge in [-0.25, -0.2) is 9.50 Å². The molecule has 0 atom stereocenters. The van der Waals surface area contributed by atoms with Gasteiger partial charge in [0.1, 0.15) is 0 Å². The number of hydrogen-bond acceptors (Lipinski definition) is 4. The summed E-state index contributed by atoms with van der Waals surface area (Å²) in [6.07, 6.45) is 2.63. The van der Waals surface area contributed by atoms with Crippen molar-refractivity contribution in [1.82, 2.24) is 14.6 Å². The third-order valence-corrected chi connectivity index (χ3v) is 5.10. The summed E-state index contributed by atoms with van der Waals surface area (Å²) in [4.78, 5) is 4.43. The topological polar surface area (TPSA) is 39.4 Å². The molecule has 0 spiro atoms. The molecule has 0 aliphatic heterocycles. The van der Waals surface area contributed by atoms with E-state index in [9.17, 15) is 0 Å².